The van der Waals surface area contributed by atoms with Gasteiger partial charge in [0, 0.05) is 11.5 Å². The molecule has 4 heteroatoms. The Kier molecular flexibility index (Phi) is 3.16. The smallest absolute Gasteiger partial charge is 0.0660 e. The Balaban J connectivity index is 1.80. The summed E-state index contributed by atoms with van der Waals surface area (Å²) in [6.45, 7) is 0. The minimum absolute atomic E-state index is 1.31. The van der Waals surface area contributed by atoms with E-state index in [1.165, 1.54) is 37.2 Å². The molecule has 3 aliphatic rings. The molecule has 14 heavy (non-hydrogen) atoms. The fraction of sp³-hybridized carbons (Fsp3) is 0.600. The second-order valence-electron chi connectivity index (χ2n) is 3.57. The second kappa shape index (κ2) is 4.40. The normalized spacial score (nSPS) is 27.4. The third kappa shape index (κ3) is 1.91. The van der Waals surface area contributed by atoms with E-state index in [0.29, 0.717) is 0 Å². The standard InChI is InChI=1S/C10H12S4/c1-2-4-7(3-1)8-13-9-10(14-8)12-6-5-11-9/h1-6H2. The Morgan fingerprint density at radius 1 is 0.714 bits per heavy atom. The SMILES string of the molecule is C1CCC(=C2SC3=C(SCCS3)S2)C1. The number of thioether (sulfide) groups is 4. The fourth-order valence-electron chi connectivity index (χ4n) is 1.87. The van der Waals surface area contributed by atoms with E-state index in [1.54, 1.807) is 18.3 Å². The lowest BCUT2D eigenvalue weighted by Gasteiger charge is -2.08. The minimum Gasteiger partial charge on any atom is -0.116 e. The van der Waals surface area contributed by atoms with Crippen molar-refractivity contribution in [2.24, 2.45) is 0 Å². The van der Waals surface area contributed by atoms with Crippen molar-refractivity contribution in [1.82, 2.24) is 0 Å². The summed E-state index contributed by atoms with van der Waals surface area (Å²) >= 11 is 8.24. The molecule has 0 aromatic heterocycles. The van der Waals surface area contributed by atoms with Crippen molar-refractivity contribution in [3.05, 3.63) is 18.3 Å². The van der Waals surface area contributed by atoms with Gasteiger partial charge in [-0.25, -0.2) is 0 Å². The van der Waals surface area contributed by atoms with Crippen LogP contribution in [0.25, 0.3) is 0 Å². The van der Waals surface area contributed by atoms with Crippen LogP contribution < -0.4 is 0 Å². The largest absolute Gasteiger partial charge is 0.116 e. The highest BCUT2D eigenvalue weighted by Gasteiger charge is 2.27. The van der Waals surface area contributed by atoms with Crippen LogP contribution in [0.15, 0.2) is 18.3 Å². The van der Waals surface area contributed by atoms with Gasteiger partial charge in [0.1, 0.15) is 0 Å². The van der Waals surface area contributed by atoms with E-state index in [-0.39, 0.29) is 0 Å². The van der Waals surface area contributed by atoms with E-state index in [9.17, 15) is 0 Å². The Hall–Kier alpha value is 0.880. The summed E-state index contributed by atoms with van der Waals surface area (Å²) < 4.78 is 4.83. The molecule has 0 bridgehead atoms. The van der Waals surface area contributed by atoms with Crippen molar-refractivity contribution in [2.75, 3.05) is 11.5 Å². The molecule has 0 atom stereocenters. The van der Waals surface area contributed by atoms with Gasteiger partial charge in [0.15, 0.2) is 0 Å². The molecule has 1 aliphatic carbocycles. The molecule has 3 rings (SSSR count). The van der Waals surface area contributed by atoms with Crippen molar-refractivity contribution in [2.45, 2.75) is 25.7 Å². The summed E-state index contributed by atoms with van der Waals surface area (Å²) in [6, 6.07) is 0. The fourth-order valence-corrected chi connectivity index (χ4v) is 8.00. The first-order valence-corrected chi connectivity index (χ1v) is 8.61. The molecule has 0 radical (unpaired) electrons. The number of hydrogen-bond acceptors (Lipinski definition) is 4. The van der Waals surface area contributed by atoms with Crippen LogP contribution in [0.3, 0.4) is 0 Å². The Bertz CT molecular complexity index is 288. The summed E-state index contributed by atoms with van der Waals surface area (Å²) in [6.07, 6.45) is 5.58. The van der Waals surface area contributed by atoms with Crippen molar-refractivity contribution in [3.8, 4) is 0 Å². The van der Waals surface area contributed by atoms with Crippen molar-refractivity contribution in [1.29, 1.82) is 0 Å². The van der Waals surface area contributed by atoms with Gasteiger partial charge in [-0.3, -0.25) is 0 Å². The maximum absolute atomic E-state index is 2.06. The molecule has 0 unspecified atom stereocenters. The molecule has 0 amide bonds. The Labute approximate surface area is 102 Å². The molecule has 0 nitrogen and oxygen atoms in total. The van der Waals surface area contributed by atoms with Crippen LogP contribution in [0.2, 0.25) is 0 Å². The first-order valence-electron chi connectivity index (χ1n) is 5.01. The van der Waals surface area contributed by atoms with Gasteiger partial charge in [-0.15, -0.1) is 23.5 Å². The average molecular weight is 260 g/mol. The van der Waals surface area contributed by atoms with Crippen LogP contribution in [-0.2, 0) is 0 Å². The van der Waals surface area contributed by atoms with E-state index in [2.05, 4.69) is 47.0 Å². The van der Waals surface area contributed by atoms with Crippen LogP contribution in [0.4, 0.5) is 0 Å². The van der Waals surface area contributed by atoms with Crippen molar-refractivity contribution >= 4 is 47.0 Å². The third-order valence-electron chi connectivity index (χ3n) is 2.58. The Morgan fingerprint density at radius 3 is 1.86 bits per heavy atom. The van der Waals surface area contributed by atoms with Gasteiger partial charge in [-0.2, -0.15) is 0 Å². The lowest BCUT2D eigenvalue weighted by Crippen LogP contribution is -1.88. The number of rotatable bonds is 0. The first-order chi connectivity index (χ1) is 6.93. The highest BCUT2D eigenvalue weighted by Crippen LogP contribution is 2.61. The number of allylic oxidation sites excluding steroid dienone is 1. The Morgan fingerprint density at radius 2 is 1.29 bits per heavy atom. The molecule has 2 heterocycles. The van der Waals surface area contributed by atoms with Crippen LogP contribution >= 0.6 is 47.0 Å². The van der Waals surface area contributed by atoms with Gasteiger partial charge in [0.05, 0.1) is 12.7 Å². The van der Waals surface area contributed by atoms with Crippen LogP contribution in [0, 0.1) is 0 Å². The maximum atomic E-state index is 2.06. The van der Waals surface area contributed by atoms with Crippen LogP contribution in [0.5, 0.6) is 0 Å². The molecule has 2 aliphatic heterocycles. The highest BCUT2D eigenvalue weighted by atomic mass is 32.3. The van der Waals surface area contributed by atoms with E-state index in [1.807, 2.05) is 0 Å². The van der Waals surface area contributed by atoms with E-state index >= 15 is 0 Å². The predicted octanol–water partition coefficient (Wildman–Crippen LogP) is 4.86. The molecule has 76 valence electrons. The van der Waals surface area contributed by atoms with Crippen molar-refractivity contribution < 1.29 is 0 Å². The second-order valence-corrected chi connectivity index (χ2v) is 8.60. The first kappa shape index (κ1) is 10.1. The van der Waals surface area contributed by atoms with Gasteiger partial charge >= 0.3 is 0 Å². The lowest BCUT2D eigenvalue weighted by molar-refractivity contribution is 0.886. The molecule has 0 spiro atoms. The zero-order valence-electron chi connectivity index (χ0n) is 7.88. The molecule has 0 saturated heterocycles. The third-order valence-corrected chi connectivity index (χ3v) is 8.54. The van der Waals surface area contributed by atoms with Crippen LogP contribution in [-0.4, -0.2) is 11.5 Å². The predicted molar refractivity (Wildman–Crippen MR) is 72.6 cm³/mol. The van der Waals surface area contributed by atoms with Gasteiger partial charge in [0.25, 0.3) is 0 Å². The summed E-state index contributed by atoms with van der Waals surface area (Å²) in [7, 11) is 0. The van der Waals surface area contributed by atoms with E-state index in [4.69, 9.17) is 0 Å². The van der Waals surface area contributed by atoms with Crippen LogP contribution in [0.1, 0.15) is 25.7 Å². The molecule has 1 saturated carbocycles. The topological polar surface area (TPSA) is 0 Å². The molecule has 0 N–H and O–H groups in total. The molecule has 1 fully saturated rings. The van der Waals surface area contributed by atoms with E-state index < -0.39 is 0 Å². The zero-order chi connectivity index (χ0) is 9.38. The molecule has 0 aromatic rings. The zero-order valence-corrected chi connectivity index (χ0v) is 11.1. The monoisotopic (exact) mass is 260 g/mol. The maximum Gasteiger partial charge on any atom is 0.0660 e. The van der Waals surface area contributed by atoms with Gasteiger partial charge in [0.2, 0.25) is 0 Å². The minimum atomic E-state index is 1.31. The van der Waals surface area contributed by atoms with Gasteiger partial charge in [-0.1, -0.05) is 23.5 Å². The van der Waals surface area contributed by atoms with E-state index in [0.717, 1.165) is 0 Å². The average Bonchev–Trinajstić information content (AvgIpc) is 2.86. The quantitative estimate of drug-likeness (QED) is 0.610. The molecular weight excluding hydrogens is 248 g/mol. The van der Waals surface area contributed by atoms with Crippen molar-refractivity contribution in [3.63, 3.8) is 0 Å². The molecule has 0 aromatic carbocycles. The van der Waals surface area contributed by atoms with Gasteiger partial charge in [-0.05, 0) is 31.3 Å². The van der Waals surface area contributed by atoms with Gasteiger partial charge < -0.3 is 0 Å². The highest BCUT2D eigenvalue weighted by molar-refractivity contribution is 8.41. The number of hydrogen-bond donors (Lipinski definition) is 0. The molecular formula is C10H12S4. The summed E-state index contributed by atoms with van der Waals surface area (Å²) in [4.78, 5) is 0. The summed E-state index contributed by atoms with van der Waals surface area (Å²) in [5, 5.41) is 0. The lowest BCUT2D eigenvalue weighted by atomic mass is 10.3. The summed E-state index contributed by atoms with van der Waals surface area (Å²) in [5.74, 6) is 2.61. The summed E-state index contributed by atoms with van der Waals surface area (Å²) in [5.41, 5.74) is 1.75.